The maximum absolute atomic E-state index is 7.44. The van der Waals surface area contributed by atoms with E-state index in [0.717, 1.165) is 27.5 Å². The van der Waals surface area contributed by atoms with Crippen LogP contribution in [0.3, 0.4) is 0 Å². The van der Waals surface area contributed by atoms with Crippen LogP contribution in [0.1, 0.15) is 11.1 Å². The summed E-state index contributed by atoms with van der Waals surface area (Å²) in [5, 5.41) is 7.44. The molecule has 0 aromatic heterocycles. The second kappa shape index (κ2) is 6.29. The third kappa shape index (κ3) is 3.51. The van der Waals surface area contributed by atoms with E-state index in [1.165, 1.54) is 0 Å². The number of ether oxygens (including phenoxy) is 1. The highest BCUT2D eigenvalue weighted by molar-refractivity contribution is 7.98. The lowest BCUT2D eigenvalue weighted by Gasteiger charge is -2.08. The van der Waals surface area contributed by atoms with Gasteiger partial charge in [-0.3, -0.25) is 5.41 Å². The fraction of sp³-hybridized carbons (Fsp3) is 0.133. The number of thioether (sulfide) groups is 1. The van der Waals surface area contributed by atoms with Gasteiger partial charge in [0.1, 0.15) is 11.6 Å². The summed E-state index contributed by atoms with van der Waals surface area (Å²) in [7, 11) is 1.68. The molecule has 0 aliphatic heterocycles. The molecule has 0 unspecified atom stereocenters. The van der Waals surface area contributed by atoms with Gasteiger partial charge in [-0.05, 0) is 23.8 Å². The average Bonchev–Trinajstić information content (AvgIpc) is 2.45. The van der Waals surface area contributed by atoms with Gasteiger partial charge in [0.15, 0.2) is 0 Å². The van der Waals surface area contributed by atoms with Crippen molar-refractivity contribution in [3.63, 3.8) is 0 Å². The topological polar surface area (TPSA) is 59.1 Å². The molecule has 0 heterocycles. The number of para-hydroxylation sites is 1. The Morgan fingerprint density at radius 3 is 2.74 bits per heavy atom. The van der Waals surface area contributed by atoms with Gasteiger partial charge in [-0.15, -0.1) is 11.8 Å². The molecule has 0 aliphatic carbocycles. The SMILES string of the molecule is COc1ccccc1SCc1cccc(C(=N)N)c1. The first-order valence-electron chi connectivity index (χ1n) is 5.90. The van der Waals surface area contributed by atoms with Crippen molar-refractivity contribution in [2.24, 2.45) is 5.73 Å². The van der Waals surface area contributed by atoms with E-state index in [4.69, 9.17) is 15.9 Å². The highest BCUT2D eigenvalue weighted by Gasteiger charge is 2.04. The minimum atomic E-state index is 0.101. The van der Waals surface area contributed by atoms with Crippen LogP contribution in [0.25, 0.3) is 0 Å². The first-order valence-corrected chi connectivity index (χ1v) is 6.88. The van der Waals surface area contributed by atoms with Gasteiger partial charge >= 0.3 is 0 Å². The van der Waals surface area contributed by atoms with Gasteiger partial charge in [0.05, 0.1) is 7.11 Å². The Kier molecular flexibility index (Phi) is 4.47. The smallest absolute Gasteiger partial charge is 0.132 e. The Hall–Kier alpha value is -1.94. The van der Waals surface area contributed by atoms with Crippen molar-refractivity contribution < 1.29 is 4.74 Å². The summed E-state index contributed by atoms with van der Waals surface area (Å²) in [4.78, 5) is 1.11. The van der Waals surface area contributed by atoms with Gasteiger partial charge in [0.25, 0.3) is 0 Å². The number of nitrogen functional groups attached to an aromatic ring is 1. The van der Waals surface area contributed by atoms with E-state index in [1.807, 2.05) is 48.5 Å². The first kappa shape index (κ1) is 13.5. The molecule has 0 aliphatic rings. The van der Waals surface area contributed by atoms with Gasteiger partial charge < -0.3 is 10.5 Å². The van der Waals surface area contributed by atoms with Crippen molar-refractivity contribution in [2.75, 3.05) is 7.11 Å². The van der Waals surface area contributed by atoms with Gasteiger partial charge in [0.2, 0.25) is 0 Å². The highest BCUT2D eigenvalue weighted by Crippen LogP contribution is 2.31. The highest BCUT2D eigenvalue weighted by atomic mass is 32.2. The quantitative estimate of drug-likeness (QED) is 0.499. The molecule has 98 valence electrons. The van der Waals surface area contributed by atoms with Crippen LogP contribution in [-0.4, -0.2) is 12.9 Å². The van der Waals surface area contributed by atoms with E-state index >= 15 is 0 Å². The van der Waals surface area contributed by atoms with E-state index in [9.17, 15) is 0 Å². The van der Waals surface area contributed by atoms with Gasteiger partial charge in [-0.1, -0.05) is 30.3 Å². The van der Waals surface area contributed by atoms with Gasteiger partial charge in [-0.25, -0.2) is 0 Å². The summed E-state index contributed by atoms with van der Waals surface area (Å²) in [5.41, 5.74) is 7.40. The number of hydrogen-bond donors (Lipinski definition) is 2. The minimum absolute atomic E-state index is 0.101. The van der Waals surface area contributed by atoms with Crippen molar-refractivity contribution in [3.8, 4) is 5.75 Å². The molecule has 19 heavy (non-hydrogen) atoms. The molecule has 2 aromatic rings. The van der Waals surface area contributed by atoms with E-state index in [2.05, 4.69) is 0 Å². The molecule has 0 spiro atoms. The molecule has 3 nitrogen and oxygen atoms in total. The number of nitrogens with two attached hydrogens (primary N) is 1. The fourth-order valence-corrected chi connectivity index (χ4v) is 2.70. The molecule has 0 saturated heterocycles. The number of methoxy groups -OCH3 is 1. The van der Waals surface area contributed by atoms with Crippen LogP contribution < -0.4 is 10.5 Å². The number of hydrogen-bond acceptors (Lipinski definition) is 3. The average molecular weight is 272 g/mol. The Balaban J connectivity index is 2.10. The second-order valence-corrected chi connectivity index (χ2v) is 5.07. The third-order valence-corrected chi connectivity index (χ3v) is 3.83. The molecule has 0 bridgehead atoms. The largest absolute Gasteiger partial charge is 0.496 e. The van der Waals surface area contributed by atoms with Crippen LogP contribution in [0.15, 0.2) is 53.4 Å². The number of rotatable bonds is 5. The Labute approximate surface area is 117 Å². The van der Waals surface area contributed by atoms with Crippen LogP contribution in [0.4, 0.5) is 0 Å². The Morgan fingerprint density at radius 2 is 2.00 bits per heavy atom. The monoisotopic (exact) mass is 272 g/mol. The predicted molar refractivity (Wildman–Crippen MR) is 80.0 cm³/mol. The minimum Gasteiger partial charge on any atom is -0.496 e. The summed E-state index contributed by atoms with van der Waals surface area (Å²) >= 11 is 1.71. The summed E-state index contributed by atoms with van der Waals surface area (Å²) in [6.07, 6.45) is 0. The molecule has 0 atom stereocenters. The zero-order valence-corrected chi connectivity index (χ0v) is 11.5. The molecule has 2 rings (SSSR count). The zero-order chi connectivity index (χ0) is 13.7. The van der Waals surface area contributed by atoms with Crippen LogP contribution in [-0.2, 0) is 5.75 Å². The van der Waals surface area contributed by atoms with Crippen molar-refractivity contribution in [1.82, 2.24) is 0 Å². The lowest BCUT2D eigenvalue weighted by atomic mass is 10.1. The van der Waals surface area contributed by atoms with Crippen LogP contribution in [0.5, 0.6) is 5.75 Å². The molecule has 0 amide bonds. The van der Waals surface area contributed by atoms with E-state index < -0.39 is 0 Å². The second-order valence-electron chi connectivity index (χ2n) is 4.05. The van der Waals surface area contributed by atoms with E-state index in [1.54, 1.807) is 18.9 Å². The first-order chi connectivity index (χ1) is 9.20. The normalized spacial score (nSPS) is 10.2. The summed E-state index contributed by atoms with van der Waals surface area (Å²) < 4.78 is 5.32. The van der Waals surface area contributed by atoms with Crippen molar-refractivity contribution >= 4 is 17.6 Å². The number of nitrogens with one attached hydrogen (secondary N) is 1. The van der Waals surface area contributed by atoms with Crippen LogP contribution in [0, 0.1) is 5.41 Å². The lowest BCUT2D eigenvalue weighted by Crippen LogP contribution is -2.10. The Morgan fingerprint density at radius 1 is 1.21 bits per heavy atom. The molecule has 0 radical (unpaired) electrons. The van der Waals surface area contributed by atoms with E-state index in [0.29, 0.717) is 0 Å². The Bertz CT molecular complexity index is 584. The van der Waals surface area contributed by atoms with Crippen molar-refractivity contribution in [3.05, 3.63) is 59.7 Å². The van der Waals surface area contributed by atoms with Crippen molar-refractivity contribution in [1.29, 1.82) is 5.41 Å². The fourth-order valence-electron chi connectivity index (χ4n) is 1.73. The zero-order valence-electron chi connectivity index (χ0n) is 10.7. The van der Waals surface area contributed by atoms with Crippen molar-refractivity contribution in [2.45, 2.75) is 10.6 Å². The molecule has 2 aromatic carbocycles. The predicted octanol–water partition coefficient (Wildman–Crippen LogP) is 3.27. The number of benzene rings is 2. The maximum atomic E-state index is 7.44. The lowest BCUT2D eigenvalue weighted by molar-refractivity contribution is 0.405. The molecule has 0 fully saturated rings. The molecule has 0 saturated carbocycles. The molecular weight excluding hydrogens is 256 g/mol. The maximum Gasteiger partial charge on any atom is 0.132 e. The van der Waals surface area contributed by atoms with Gasteiger partial charge in [0, 0.05) is 16.2 Å². The molecule has 4 heteroatoms. The van der Waals surface area contributed by atoms with E-state index in [-0.39, 0.29) is 5.84 Å². The van der Waals surface area contributed by atoms with Crippen LogP contribution >= 0.6 is 11.8 Å². The molecular formula is C15H16N2OS. The van der Waals surface area contributed by atoms with Crippen LogP contribution in [0.2, 0.25) is 0 Å². The third-order valence-electron chi connectivity index (χ3n) is 2.70. The summed E-state index contributed by atoms with van der Waals surface area (Å²) in [6, 6.07) is 15.7. The summed E-state index contributed by atoms with van der Waals surface area (Å²) in [5.74, 6) is 1.81. The number of amidine groups is 1. The molecule has 3 N–H and O–H groups in total. The van der Waals surface area contributed by atoms with Gasteiger partial charge in [-0.2, -0.15) is 0 Å². The standard InChI is InChI=1S/C15H16N2OS/c1-18-13-7-2-3-8-14(13)19-10-11-5-4-6-12(9-11)15(16)17/h2-9H,10H2,1H3,(H3,16,17). The summed E-state index contributed by atoms with van der Waals surface area (Å²) in [6.45, 7) is 0.